The van der Waals surface area contributed by atoms with Crippen LogP contribution in [0.1, 0.15) is 25.8 Å². The molecule has 0 bridgehead atoms. The number of benzene rings is 2. The fraction of sp³-hybridized carbons (Fsp3) is 0.458. The Balaban J connectivity index is 1.47. The number of ether oxygens (including phenoxy) is 1. The Morgan fingerprint density at radius 1 is 1.26 bits per heavy atom. The predicted octanol–water partition coefficient (Wildman–Crippen LogP) is 2.57. The molecule has 0 amide bonds. The van der Waals surface area contributed by atoms with Crippen molar-refractivity contribution in [1.82, 2.24) is 15.2 Å². The van der Waals surface area contributed by atoms with Crippen molar-refractivity contribution in [3.63, 3.8) is 0 Å². The maximum Gasteiger partial charge on any atom is 0.253 e. The first-order valence-corrected chi connectivity index (χ1v) is 13.1. The van der Waals surface area contributed by atoms with Crippen molar-refractivity contribution in [2.24, 2.45) is 0 Å². The SMILES string of the molecule is CC(C)(Cc1ccc(F)cc1)NC[C@@H](O)COc1ccc(S(=O)(=O)NN2CCC(Cl)C2C#N)cc1. The highest BCUT2D eigenvalue weighted by atomic mass is 35.5. The fourth-order valence-electron chi connectivity index (χ4n) is 3.75. The highest BCUT2D eigenvalue weighted by Crippen LogP contribution is 2.23. The summed E-state index contributed by atoms with van der Waals surface area (Å²) in [6.45, 7) is 4.62. The molecule has 190 valence electrons. The third kappa shape index (κ3) is 7.87. The Kier molecular flexibility index (Phi) is 9.10. The first-order valence-electron chi connectivity index (χ1n) is 11.2. The van der Waals surface area contributed by atoms with Gasteiger partial charge >= 0.3 is 0 Å². The van der Waals surface area contributed by atoms with Gasteiger partial charge in [-0.15, -0.1) is 16.4 Å². The first-order chi connectivity index (χ1) is 16.5. The number of hydrogen-bond donors (Lipinski definition) is 3. The topological polar surface area (TPSA) is 115 Å². The quantitative estimate of drug-likeness (QED) is 0.387. The molecule has 2 aromatic carbocycles. The second-order valence-electron chi connectivity index (χ2n) is 9.17. The van der Waals surface area contributed by atoms with Crippen LogP contribution in [-0.2, 0) is 16.4 Å². The normalized spacial score (nSPS) is 19.9. The minimum absolute atomic E-state index is 0.0126. The zero-order valence-corrected chi connectivity index (χ0v) is 21.2. The summed E-state index contributed by atoms with van der Waals surface area (Å²) in [4.78, 5) is 2.43. The molecular formula is C24H30ClFN4O4S. The molecule has 3 atom stereocenters. The van der Waals surface area contributed by atoms with E-state index in [1.165, 1.54) is 41.4 Å². The number of aliphatic hydroxyl groups is 1. The number of nitrogens with zero attached hydrogens (tertiary/aromatic N) is 2. The van der Waals surface area contributed by atoms with Gasteiger partial charge in [0, 0.05) is 18.6 Å². The van der Waals surface area contributed by atoms with Crippen LogP contribution in [0.3, 0.4) is 0 Å². The molecule has 3 N–H and O–H groups in total. The molecule has 1 saturated heterocycles. The van der Waals surface area contributed by atoms with Gasteiger partial charge in [-0.1, -0.05) is 12.1 Å². The number of rotatable bonds is 11. The second kappa shape index (κ2) is 11.6. The summed E-state index contributed by atoms with van der Waals surface area (Å²) in [5.74, 6) is 0.128. The Labute approximate surface area is 210 Å². The molecule has 11 heteroatoms. The lowest BCUT2D eigenvalue weighted by atomic mass is 9.94. The number of halogens is 2. The number of nitrogens with one attached hydrogen (secondary N) is 2. The van der Waals surface area contributed by atoms with Gasteiger partial charge in [0.05, 0.1) is 16.3 Å². The van der Waals surface area contributed by atoms with Gasteiger partial charge in [-0.2, -0.15) is 5.26 Å². The van der Waals surface area contributed by atoms with E-state index in [0.717, 1.165) is 5.56 Å². The van der Waals surface area contributed by atoms with Gasteiger partial charge in [0.15, 0.2) is 0 Å². The van der Waals surface area contributed by atoms with Crippen molar-refractivity contribution in [2.75, 3.05) is 19.7 Å². The zero-order valence-electron chi connectivity index (χ0n) is 19.6. The maximum atomic E-state index is 13.1. The highest BCUT2D eigenvalue weighted by molar-refractivity contribution is 7.89. The molecule has 0 aromatic heterocycles. The van der Waals surface area contributed by atoms with Crippen LogP contribution in [0.15, 0.2) is 53.4 Å². The third-order valence-corrected chi connectivity index (χ3v) is 7.47. The minimum atomic E-state index is -3.88. The van der Waals surface area contributed by atoms with Crippen molar-refractivity contribution in [1.29, 1.82) is 5.26 Å². The van der Waals surface area contributed by atoms with E-state index in [1.54, 1.807) is 12.1 Å². The van der Waals surface area contributed by atoms with Crippen molar-refractivity contribution < 1.29 is 22.7 Å². The van der Waals surface area contributed by atoms with Gasteiger partial charge in [-0.3, -0.25) is 0 Å². The number of hydrazine groups is 1. The summed E-state index contributed by atoms with van der Waals surface area (Å²) in [5, 5.41) is 23.7. The van der Waals surface area contributed by atoms with E-state index < -0.39 is 27.5 Å². The number of β-amino-alcohol motifs (C(OH)–C–C–N with tert-alkyl or cyclic N) is 1. The van der Waals surface area contributed by atoms with Crippen LogP contribution in [0.2, 0.25) is 0 Å². The number of sulfonamides is 1. The molecule has 1 aliphatic rings. The van der Waals surface area contributed by atoms with Crippen molar-refractivity contribution in [2.45, 2.75) is 54.6 Å². The van der Waals surface area contributed by atoms with Gasteiger partial charge < -0.3 is 15.2 Å². The summed E-state index contributed by atoms with van der Waals surface area (Å²) in [7, 11) is -3.88. The molecule has 2 unspecified atom stereocenters. The molecule has 0 saturated carbocycles. The van der Waals surface area contributed by atoms with E-state index in [1.807, 2.05) is 19.9 Å². The summed E-state index contributed by atoms with van der Waals surface area (Å²) >= 11 is 6.06. The summed E-state index contributed by atoms with van der Waals surface area (Å²) in [5.41, 5.74) is 0.653. The highest BCUT2D eigenvalue weighted by Gasteiger charge is 2.35. The lowest BCUT2D eigenvalue weighted by Crippen LogP contribution is -2.46. The summed E-state index contributed by atoms with van der Waals surface area (Å²) in [6.07, 6.45) is 0.368. The van der Waals surface area contributed by atoms with Crippen LogP contribution in [-0.4, -0.2) is 61.3 Å². The Morgan fingerprint density at radius 2 is 1.91 bits per heavy atom. The average molecular weight is 525 g/mol. The summed E-state index contributed by atoms with van der Waals surface area (Å²) < 4.78 is 44.0. The molecule has 1 fully saturated rings. The predicted molar refractivity (Wildman–Crippen MR) is 131 cm³/mol. The van der Waals surface area contributed by atoms with Gasteiger partial charge in [0.2, 0.25) is 0 Å². The molecule has 0 radical (unpaired) electrons. The van der Waals surface area contributed by atoms with Crippen molar-refractivity contribution in [3.05, 3.63) is 59.9 Å². The van der Waals surface area contributed by atoms with E-state index in [2.05, 4.69) is 10.1 Å². The molecule has 2 aromatic rings. The number of nitriles is 1. The molecule has 0 spiro atoms. The van der Waals surface area contributed by atoms with Crippen molar-refractivity contribution in [3.8, 4) is 11.8 Å². The zero-order chi connectivity index (χ0) is 25.6. The van der Waals surface area contributed by atoms with E-state index in [-0.39, 0.29) is 29.4 Å². The number of aliphatic hydroxyl groups excluding tert-OH is 1. The molecule has 0 aliphatic carbocycles. The number of hydrogen-bond acceptors (Lipinski definition) is 7. The standard InChI is InChI=1S/C24H30ClFN4O4S/c1-24(2,13-17-3-5-18(26)6-4-17)28-15-19(31)16-34-20-7-9-21(10-8-20)35(32,33)29-30-12-11-22(25)23(30)14-27/h3-10,19,22-23,28-29,31H,11-13,15-16H2,1-2H3/t19-,22?,23?/m1/s1. The van der Waals surface area contributed by atoms with Crippen molar-refractivity contribution >= 4 is 21.6 Å². The fourth-order valence-corrected chi connectivity index (χ4v) is 5.15. The Morgan fingerprint density at radius 3 is 2.54 bits per heavy atom. The average Bonchev–Trinajstić information content (AvgIpc) is 3.16. The minimum Gasteiger partial charge on any atom is -0.491 e. The van der Waals surface area contributed by atoms with E-state index in [4.69, 9.17) is 16.3 Å². The van der Waals surface area contributed by atoms with Gasteiger partial charge in [-0.05, 0) is 68.7 Å². The Bertz CT molecular complexity index is 1120. The first kappa shape index (κ1) is 27.3. The smallest absolute Gasteiger partial charge is 0.253 e. The molecule has 35 heavy (non-hydrogen) atoms. The van der Waals surface area contributed by atoms with Crippen LogP contribution in [0.5, 0.6) is 5.75 Å². The monoisotopic (exact) mass is 524 g/mol. The summed E-state index contributed by atoms with van der Waals surface area (Å²) in [6, 6.07) is 13.4. The molecular weight excluding hydrogens is 495 g/mol. The van der Waals surface area contributed by atoms with E-state index in [0.29, 0.717) is 25.1 Å². The third-order valence-electron chi connectivity index (χ3n) is 5.65. The van der Waals surface area contributed by atoms with Crippen LogP contribution < -0.4 is 14.9 Å². The maximum absolute atomic E-state index is 13.1. The van der Waals surface area contributed by atoms with E-state index in [9.17, 15) is 23.2 Å². The van der Waals surface area contributed by atoms with Crippen LogP contribution in [0.25, 0.3) is 0 Å². The van der Waals surface area contributed by atoms with Gasteiger partial charge in [-0.25, -0.2) is 17.8 Å². The molecule has 1 heterocycles. The molecule has 1 aliphatic heterocycles. The molecule has 8 nitrogen and oxygen atoms in total. The van der Waals surface area contributed by atoms with Crippen LogP contribution >= 0.6 is 11.6 Å². The van der Waals surface area contributed by atoms with E-state index >= 15 is 0 Å². The molecule has 3 rings (SSSR count). The van der Waals surface area contributed by atoms with Gasteiger partial charge in [0.1, 0.15) is 30.3 Å². The number of alkyl halides is 1. The largest absolute Gasteiger partial charge is 0.491 e. The second-order valence-corrected chi connectivity index (χ2v) is 11.4. The van der Waals surface area contributed by atoms with Crippen LogP contribution in [0.4, 0.5) is 4.39 Å². The van der Waals surface area contributed by atoms with Gasteiger partial charge in [0.25, 0.3) is 10.0 Å². The lowest BCUT2D eigenvalue weighted by molar-refractivity contribution is 0.0988. The Hall–Kier alpha value is -2.26. The van der Waals surface area contributed by atoms with Crippen LogP contribution in [0, 0.1) is 17.1 Å². The lowest BCUT2D eigenvalue weighted by Gasteiger charge is -2.28.